The molecule has 0 N–H and O–H groups in total. The summed E-state index contributed by atoms with van der Waals surface area (Å²) in [6, 6.07) is 6.51. The Morgan fingerprint density at radius 3 is 2.57 bits per heavy atom. The summed E-state index contributed by atoms with van der Waals surface area (Å²) >= 11 is 12.1. The van der Waals surface area contributed by atoms with Gasteiger partial charge in [0.15, 0.2) is 0 Å². The molecule has 0 saturated carbocycles. The summed E-state index contributed by atoms with van der Waals surface area (Å²) in [6.45, 7) is 5.16. The first-order valence-corrected chi connectivity index (χ1v) is 8.38. The molecule has 3 nitrogen and oxygen atoms in total. The Labute approximate surface area is 136 Å². The fourth-order valence-corrected chi connectivity index (χ4v) is 3.58. The van der Waals surface area contributed by atoms with E-state index in [0.29, 0.717) is 16.1 Å². The van der Waals surface area contributed by atoms with Crippen LogP contribution >= 0.6 is 23.2 Å². The Balaban J connectivity index is 1.66. The van der Waals surface area contributed by atoms with E-state index >= 15 is 0 Å². The van der Waals surface area contributed by atoms with Crippen LogP contribution in [0, 0.1) is 0 Å². The molecule has 21 heavy (non-hydrogen) atoms. The van der Waals surface area contributed by atoms with Gasteiger partial charge < -0.3 is 9.64 Å². The van der Waals surface area contributed by atoms with E-state index in [-0.39, 0.29) is 6.10 Å². The predicted octanol–water partition coefficient (Wildman–Crippen LogP) is 3.46. The molecule has 0 spiro atoms. The lowest BCUT2D eigenvalue weighted by atomic mass is 10.0. The second-order valence-corrected chi connectivity index (χ2v) is 6.88. The van der Waals surface area contributed by atoms with Gasteiger partial charge in [0, 0.05) is 19.1 Å². The van der Waals surface area contributed by atoms with Crippen molar-refractivity contribution in [3.05, 3.63) is 33.8 Å². The SMILES string of the molecule is CN1CCC(N2CCO[C@@H](c3ccc(Cl)c(Cl)c3)C2)CC1. The highest BCUT2D eigenvalue weighted by Gasteiger charge is 2.29. The predicted molar refractivity (Wildman–Crippen MR) is 87.2 cm³/mol. The molecule has 3 rings (SSSR count). The van der Waals surface area contributed by atoms with Gasteiger partial charge in [-0.05, 0) is 50.7 Å². The molecule has 0 amide bonds. The van der Waals surface area contributed by atoms with Gasteiger partial charge in [-0.25, -0.2) is 0 Å². The molecular weight excluding hydrogens is 307 g/mol. The Kier molecular flexibility index (Phi) is 5.07. The maximum atomic E-state index is 6.13. The zero-order chi connectivity index (χ0) is 14.8. The fraction of sp³-hybridized carbons (Fsp3) is 0.625. The fourth-order valence-electron chi connectivity index (χ4n) is 3.28. The van der Waals surface area contributed by atoms with Crippen molar-refractivity contribution in [1.29, 1.82) is 0 Å². The summed E-state index contributed by atoms with van der Waals surface area (Å²) in [6.07, 6.45) is 2.61. The lowest BCUT2D eigenvalue weighted by Crippen LogP contribution is -2.49. The third kappa shape index (κ3) is 3.72. The summed E-state index contributed by atoms with van der Waals surface area (Å²) in [7, 11) is 2.20. The van der Waals surface area contributed by atoms with Crippen LogP contribution in [0.3, 0.4) is 0 Å². The van der Waals surface area contributed by atoms with Crippen LogP contribution in [-0.2, 0) is 4.74 Å². The minimum atomic E-state index is 0.105. The number of ether oxygens (including phenoxy) is 1. The van der Waals surface area contributed by atoms with Gasteiger partial charge in [0.25, 0.3) is 0 Å². The smallest absolute Gasteiger partial charge is 0.0953 e. The quantitative estimate of drug-likeness (QED) is 0.826. The maximum Gasteiger partial charge on any atom is 0.0953 e. The normalized spacial score (nSPS) is 26.1. The highest BCUT2D eigenvalue weighted by molar-refractivity contribution is 6.42. The summed E-state index contributed by atoms with van der Waals surface area (Å²) in [5, 5.41) is 1.21. The van der Waals surface area contributed by atoms with Gasteiger partial charge >= 0.3 is 0 Å². The first-order valence-electron chi connectivity index (χ1n) is 7.62. The molecule has 2 heterocycles. The van der Waals surface area contributed by atoms with E-state index in [0.717, 1.165) is 25.3 Å². The van der Waals surface area contributed by atoms with Crippen molar-refractivity contribution in [2.45, 2.75) is 25.0 Å². The number of rotatable bonds is 2. The van der Waals surface area contributed by atoms with Gasteiger partial charge in [0.05, 0.1) is 22.8 Å². The summed E-state index contributed by atoms with van der Waals surface area (Å²) < 4.78 is 5.95. The molecule has 2 fully saturated rings. The third-order valence-electron chi connectivity index (χ3n) is 4.62. The Morgan fingerprint density at radius 1 is 1.10 bits per heavy atom. The zero-order valence-corrected chi connectivity index (χ0v) is 13.9. The summed E-state index contributed by atoms with van der Waals surface area (Å²) in [5.41, 5.74) is 1.13. The number of morpholine rings is 1. The van der Waals surface area contributed by atoms with Crippen LogP contribution in [0.4, 0.5) is 0 Å². The molecule has 1 atom stereocenters. The van der Waals surface area contributed by atoms with E-state index in [1.54, 1.807) is 0 Å². The van der Waals surface area contributed by atoms with E-state index < -0.39 is 0 Å². The van der Waals surface area contributed by atoms with Crippen molar-refractivity contribution in [2.75, 3.05) is 39.8 Å². The molecular formula is C16H22Cl2N2O. The molecule has 2 aliphatic rings. The average molecular weight is 329 g/mol. The van der Waals surface area contributed by atoms with Crippen LogP contribution in [0.1, 0.15) is 24.5 Å². The van der Waals surface area contributed by atoms with Gasteiger partial charge in [0.2, 0.25) is 0 Å². The minimum Gasteiger partial charge on any atom is -0.371 e. The number of halogens is 2. The van der Waals surface area contributed by atoms with Crippen LogP contribution < -0.4 is 0 Å². The summed E-state index contributed by atoms with van der Waals surface area (Å²) in [5.74, 6) is 0. The van der Waals surface area contributed by atoms with Crippen LogP contribution in [0.2, 0.25) is 10.0 Å². The Hall–Kier alpha value is -0.320. The molecule has 5 heteroatoms. The molecule has 1 aromatic carbocycles. The molecule has 0 aliphatic carbocycles. The molecule has 2 saturated heterocycles. The van der Waals surface area contributed by atoms with Crippen LogP contribution in [0.5, 0.6) is 0 Å². The first kappa shape index (κ1) is 15.6. The molecule has 0 unspecified atom stereocenters. The monoisotopic (exact) mass is 328 g/mol. The van der Waals surface area contributed by atoms with E-state index in [1.165, 1.54) is 25.9 Å². The largest absolute Gasteiger partial charge is 0.371 e. The highest BCUT2D eigenvalue weighted by Crippen LogP contribution is 2.30. The molecule has 2 aliphatic heterocycles. The number of likely N-dealkylation sites (tertiary alicyclic amines) is 1. The number of hydrogen-bond donors (Lipinski definition) is 0. The maximum absolute atomic E-state index is 6.13. The van der Waals surface area contributed by atoms with Crippen molar-refractivity contribution in [1.82, 2.24) is 9.80 Å². The lowest BCUT2D eigenvalue weighted by Gasteiger charge is -2.41. The zero-order valence-electron chi connectivity index (χ0n) is 12.4. The molecule has 0 aromatic heterocycles. The molecule has 116 valence electrons. The number of hydrogen-bond acceptors (Lipinski definition) is 3. The van der Waals surface area contributed by atoms with E-state index in [2.05, 4.69) is 16.8 Å². The Morgan fingerprint density at radius 2 is 1.86 bits per heavy atom. The number of benzene rings is 1. The highest BCUT2D eigenvalue weighted by atomic mass is 35.5. The average Bonchev–Trinajstić information content (AvgIpc) is 2.51. The van der Waals surface area contributed by atoms with Crippen LogP contribution in [-0.4, -0.2) is 55.7 Å². The molecule has 1 aromatic rings. The number of piperidine rings is 1. The standard InChI is InChI=1S/C16H22Cl2N2O/c1-19-6-4-13(5-7-19)20-8-9-21-16(11-20)12-2-3-14(17)15(18)10-12/h2-3,10,13,16H,4-9,11H2,1H3/t16-/m1/s1. The third-order valence-corrected chi connectivity index (χ3v) is 5.36. The minimum absolute atomic E-state index is 0.105. The van der Waals surface area contributed by atoms with Gasteiger partial charge in [0.1, 0.15) is 0 Å². The van der Waals surface area contributed by atoms with Gasteiger partial charge in [-0.1, -0.05) is 29.3 Å². The van der Waals surface area contributed by atoms with Crippen molar-refractivity contribution >= 4 is 23.2 Å². The Bertz CT molecular complexity index is 489. The second kappa shape index (κ2) is 6.84. The van der Waals surface area contributed by atoms with Crippen molar-refractivity contribution in [3.63, 3.8) is 0 Å². The van der Waals surface area contributed by atoms with Gasteiger partial charge in [-0.3, -0.25) is 4.90 Å². The van der Waals surface area contributed by atoms with Crippen LogP contribution in [0.25, 0.3) is 0 Å². The van der Waals surface area contributed by atoms with Crippen molar-refractivity contribution in [3.8, 4) is 0 Å². The van der Waals surface area contributed by atoms with Crippen LogP contribution in [0.15, 0.2) is 18.2 Å². The second-order valence-electron chi connectivity index (χ2n) is 6.06. The molecule has 0 radical (unpaired) electrons. The topological polar surface area (TPSA) is 15.7 Å². The first-order chi connectivity index (χ1) is 10.1. The van der Waals surface area contributed by atoms with E-state index in [1.807, 2.05) is 18.2 Å². The number of nitrogens with zero attached hydrogens (tertiary/aromatic N) is 2. The van der Waals surface area contributed by atoms with Gasteiger partial charge in [-0.15, -0.1) is 0 Å². The lowest BCUT2D eigenvalue weighted by molar-refractivity contribution is -0.0526. The van der Waals surface area contributed by atoms with E-state index in [9.17, 15) is 0 Å². The summed E-state index contributed by atoms with van der Waals surface area (Å²) in [4.78, 5) is 5.00. The molecule has 0 bridgehead atoms. The van der Waals surface area contributed by atoms with E-state index in [4.69, 9.17) is 27.9 Å². The van der Waals surface area contributed by atoms with Crippen molar-refractivity contribution < 1.29 is 4.74 Å². The van der Waals surface area contributed by atoms with Gasteiger partial charge in [-0.2, -0.15) is 0 Å². The van der Waals surface area contributed by atoms with Crippen molar-refractivity contribution in [2.24, 2.45) is 0 Å².